The summed E-state index contributed by atoms with van der Waals surface area (Å²) in [4.78, 5) is 25.8. The van der Waals surface area contributed by atoms with Crippen LogP contribution in [0.3, 0.4) is 0 Å². The largest absolute Gasteiger partial charge is 0.492 e. The van der Waals surface area contributed by atoms with Gasteiger partial charge in [-0.2, -0.15) is 0 Å². The fraction of sp³-hybridized carbons (Fsp3) is 0.455. The van der Waals surface area contributed by atoms with E-state index in [9.17, 15) is 25.2 Å². The van der Waals surface area contributed by atoms with E-state index in [4.69, 9.17) is 21.3 Å². The second-order valence-electron chi connectivity index (χ2n) is 11.0. The molecule has 0 aliphatic rings. The molecule has 2 aromatic carbocycles. The number of primary amides is 1. The van der Waals surface area contributed by atoms with Crippen molar-refractivity contribution in [1.29, 1.82) is 0 Å². The highest BCUT2D eigenvalue weighted by molar-refractivity contribution is 6.05. The summed E-state index contributed by atoms with van der Waals surface area (Å²) in [7, 11) is 0. The third kappa shape index (κ3) is 12.1. The van der Waals surface area contributed by atoms with Gasteiger partial charge in [-0.05, 0) is 61.9 Å². The Balaban J connectivity index is 1.45. The van der Waals surface area contributed by atoms with Crippen LogP contribution in [0, 0.1) is 0 Å². The summed E-state index contributed by atoms with van der Waals surface area (Å²) in [6, 6.07) is 17.8. The first-order valence-corrected chi connectivity index (χ1v) is 15.4. The molecular formula is C33H46N6O7. The van der Waals surface area contributed by atoms with Gasteiger partial charge in [-0.3, -0.25) is 14.7 Å². The summed E-state index contributed by atoms with van der Waals surface area (Å²) in [6.45, 7) is 1.19. The van der Waals surface area contributed by atoms with Crippen LogP contribution in [0.2, 0.25) is 0 Å². The van der Waals surface area contributed by atoms with E-state index in [0.717, 1.165) is 37.7 Å². The molecule has 250 valence electrons. The van der Waals surface area contributed by atoms with Gasteiger partial charge in [-0.25, -0.2) is 9.97 Å². The minimum absolute atomic E-state index is 0.00645. The maximum absolute atomic E-state index is 11.5. The molecule has 0 bridgehead atoms. The number of amides is 1. The standard InChI is InChI=1S/C33H46N6O7/c34-32(28-29(33(35)45)37-17-16-36-28)38-15-5-4-9-24-11-13-25(14-12-24)46-20-19-39(18-6-10-23-7-2-1-3-8-23)21-26(41)30(43)31(44)27(42)22-40/h1-3,7-8,11-14,16-17,26-27,30-31,40-44H,4-6,9-10,15,18-22H2,(H2,34,38)(H2,35,45)/t26-,27+,30+,31+/m0/s1. The Morgan fingerprint density at radius 3 is 2.11 bits per heavy atom. The summed E-state index contributed by atoms with van der Waals surface area (Å²) in [5.41, 5.74) is 13.8. The topological polar surface area (TPSA) is 221 Å². The highest BCUT2D eigenvalue weighted by Crippen LogP contribution is 2.15. The van der Waals surface area contributed by atoms with Gasteiger partial charge in [0, 0.05) is 32.0 Å². The first-order valence-electron chi connectivity index (χ1n) is 15.4. The Labute approximate surface area is 269 Å². The Kier molecular flexibility index (Phi) is 15.5. The van der Waals surface area contributed by atoms with Crippen molar-refractivity contribution >= 4 is 11.7 Å². The van der Waals surface area contributed by atoms with Crippen LogP contribution in [0.25, 0.3) is 0 Å². The lowest BCUT2D eigenvalue weighted by Crippen LogP contribution is -2.50. The molecule has 0 aliphatic carbocycles. The minimum atomic E-state index is -1.67. The smallest absolute Gasteiger partial charge is 0.269 e. The van der Waals surface area contributed by atoms with Crippen molar-refractivity contribution in [2.45, 2.75) is 56.5 Å². The number of aliphatic hydroxyl groups excluding tert-OH is 5. The molecule has 1 heterocycles. The van der Waals surface area contributed by atoms with Gasteiger partial charge in [0.2, 0.25) is 0 Å². The number of benzene rings is 2. The van der Waals surface area contributed by atoms with Crippen molar-refractivity contribution in [2.75, 3.05) is 39.4 Å². The van der Waals surface area contributed by atoms with Crippen LogP contribution in [0.4, 0.5) is 0 Å². The maximum Gasteiger partial charge on any atom is 0.269 e. The number of ether oxygens (including phenoxy) is 1. The number of nitrogens with two attached hydrogens (primary N) is 2. The second kappa shape index (κ2) is 19.5. The van der Waals surface area contributed by atoms with Gasteiger partial charge in [0.25, 0.3) is 5.91 Å². The molecule has 0 fully saturated rings. The second-order valence-corrected chi connectivity index (χ2v) is 11.0. The van der Waals surface area contributed by atoms with Gasteiger partial charge in [-0.1, -0.05) is 42.5 Å². The van der Waals surface area contributed by atoms with Crippen LogP contribution in [0.15, 0.2) is 72.0 Å². The number of aromatic nitrogens is 2. The Bertz CT molecular complexity index is 1350. The van der Waals surface area contributed by atoms with Crippen molar-refractivity contribution in [3.8, 4) is 5.75 Å². The summed E-state index contributed by atoms with van der Waals surface area (Å²) in [5, 5.41) is 49.6. The van der Waals surface area contributed by atoms with Crippen LogP contribution < -0.4 is 16.2 Å². The number of aryl methyl sites for hydroxylation is 2. The predicted octanol–water partition coefficient (Wildman–Crippen LogP) is 0.0532. The molecular weight excluding hydrogens is 592 g/mol. The number of rotatable bonds is 21. The monoisotopic (exact) mass is 638 g/mol. The molecule has 46 heavy (non-hydrogen) atoms. The van der Waals surface area contributed by atoms with E-state index >= 15 is 0 Å². The summed E-state index contributed by atoms with van der Waals surface area (Å²) in [6.07, 6.45) is 0.735. The fourth-order valence-corrected chi connectivity index (χ4v) is 4.85. The van der Waals surface area contributed by atoms with E-state index in [1.807, 2.05) is 47.4 Å². The van der Waals surface area contributed by atoms with Gasteiger partial charge in [-0.15, -0.1) is 0 Å². The number of hydrogen-bond donors (Lipinski definition) is 7. The van der Waals surface area contributed by atoms with Crippen LogP contribution in [-0.2, 0) is 12.8 Å². The average Bonchev–Trinajstić information content (AvgIpc) is 3.07. The van der Waals surface area contributed by atoms with Crippen LogP contribution in [0.1, 0.15) is 46.6 Å². The van der Waals surface area contributed by atoms with Crippen molar-refractivity contribution < 1.29 is 35.1 Å². The van der Waals surface area contributed by atoms with E-state index in [2.05, 4.69) is 27.1 Å². The zero-order valence-electron chi connectivity index (χ0n) is 25.9. The molecule has 0 spiro atoms. The number of aliphatic imine (C=N–C) groups is 1. The molecule has 1 aromatic heterocycles. The van der Waals surface area contributed by atoms with Crippen molar-refractivity contribution in [3.05, 3.63) is 89.5 Å². The predicted molar refractivity (Wildman–Crippen MR) is 173 cm³/mol. The number of aliphatic hydroxyl groups is 5. The molecule has 0 unspecified atom stereocenters. The van der Waals surface area contributed by atoms with Crippen LogP contribution in [-0.4, -0.2) is 116 Å². The minimum Gasteiger partial charge on any atom is -0.492 e. The lowest BCUT2D eigenvalue weighted by molar-refractivity contribution is -0.119. The molecule has 13 nitrogen and oxygen atoms in total. The molecule has 0 aliphatic heterocycles. The number of carbonyl (C=O) groups is 1. The first-order chi connectivity index (χ1) is 22.2. The van der Waals surface area contributed by atoms with E-state index < -0.39 is 36.9 Å². The molecule has 0 saturated carbocycles. The molecule has 3 aromatic rings. The van der Waals surface area contributed by atoms with Crippen LogP contribution in [0.5, 0.6) is 5.75 Å². The van der Waals surface area contributed by atoms with E-state index in [1.165, 1.54) is 18.0 Å². The quantitative estimate of drug-likeness (QED) is 0.0469. The van der Waals surface area contributed by atoms with Crippen molar-refractivity contribution in [2.24, 2.45) is 16.5 Å². The van der Waals surface area contributed by atoms with Gasteiger partial charge in [0.1, 0.15) is 42.2 Å². The van der Waals surface area contributed by atoms with E-state index in [-0.39, 0.29) is 23.8 Å². The SMILES string of the molecule is NC(=O)c1nccnc1C(N)=NCCCCc1ccc(OCCN(CCCc2ccccc2)C[C@H](O)[C@@H](O)[C@H](O)[C@H](O)CO)cc1. The van der Waals surface area contributed by atoms with Crippen molar-refractivity contribution in [1.82, 2.24) is 14.9 Å². The summed E-state index contributed by atoms with van der Waals surface area (Å²) in [5.74, 6) is 0.111. The van der Waals surface area contributed by atoms with Gasteiger partial charge in [0.05, 0.1) is 12.7 Å². The lowest BCUT2D eigenvalue weighted by atomic mass is 10.0. The molecule has 1 amide bonds. The molecule has 13 heteroatoms. The number of hydrogen-bond acceptors (Lipinski definition) is 11. The zero-order valence-corrected chi connectivity index (χ0v) is 25.9. The lowest BCUT2D eigenvalue weighted by Gasteiger charge is -2.30. The molecule has 9 N–H and O–H groups in total. The third-order valence-corrected chi connectivity index (χ3v) is 7.48. The highest BCUT2D eigenvalue weighted by atomic mass is 16.5. The van der Waals surface area contributed by atoms with Crippen LogP contribution >= 0.6 is 0 Å². The van der Waals surface area contributed by atoms with Gasteiger partial charge < -0.3 is 41.7 Å². The Morgan fingerprint density at radius 1 is 0.804 bits per heavy atom. The molecule has 0 radical (unpaired) electrons. The van der Waals surface area contributed by atoms with Crippen molar-refractivity contribution in [3.63, 3.8) is 0 Å². The molecule has 3 rings (SSSR count). The van der Waals surface area contributed by atoms with E-state index in [1.54, 1.807) is 0 Å². The zero-order chi connectivity index (χ0) is 33.3. The van der Waals surface area contributed by atoms with Gasteiger partial charge in [0.15, 0.2) is 5.69 Å². The third-order valence-electron chi connectivity index (χ3n) is 7.48. The Morgan fingerprint density at radius 2 is 1.43 bits per heavy atom. The molecule has 0 saturated heterocycles. The first kappa shape index (κ1) is 36.5. The normalized spacial score (nSPS) is 14.5. The average molecular weight is 639 g/mol. The number of unbranched alkanes of at least 4 members (excludes halogenated alkanes) is 1. The highest BCUT2D eigenvalue weighted by Gasteiger charge is 2.31. The summed E-state index contributed by atoms with van der Waals surface area (Å²) < 4.78 is 5.96. The van der Waals surface area contributed by atoms with E-state index in [0.29, 0.717) is 32.0 Å². The molecule has 4 atom stereocenters. The number of carbonyl (C=O) groups excluding carboxylic acids is 1. The Hall–Kier alpha value is -3.98. The summed E-state index contributed by atoms with van der Waals surface area (Å²) >= 11 is 0. The van der Waals surface area contributed by atoms with Gasteiger partial charge >= 0.3 is 0 Å². The number of nitrogens with zero attached hydrogens (tertiary/aromatic N) is 4. The fourth-order valence-electron chi connectivity index (χ4n) is 4.85. The number of amidine groups is 1. The maximum atomic E-state index is 11.5.